The molecule has 0 rings (SSSR count). The Hall–Kier alpha value is -0.560. The molecule has 1 atom stereocenters. The van der Waals surface area contributed by atoms with Gasteiger partial charge in [-0.05, 0) is 6.42 Å². The van der Waals surface area contributed by atoms with Gasteiger partial charge in [0, 0.05) is 20.6 Å². The number of rotatable bonds is 5. The molecule has 1 N–H and O–H groups in total. The fraction of sp³-hybridized carbons (Fsp3) is 0.750. The molecule has 11 heavy (non-hydrogen) atoms. The summed E-state index contributed by atoms with van der Waals surface area (Å²) in [5.41, 5.74) is 0. The van der Waals surface area contributed by atoms with Crippen molar-refractivity contribution in [3.63, 3.8) is 0 Å². The zero-order valence-corrected chi connectivity index (χ0v) is 6.91. The Morgan fingerprint density at radius 3 is 2.27 bits per heavy atom. The van der Waals surface area contributed by atoms with Crippen LogP contribution >= 0.6 is 0 Å². The van der Waals surface area contributed by atoms with Crippen LogP contribution in [-0.2, 0) is 9.47 Å². The number of aliphatic hydroxyl groups is 1. The Labute approximate surface area is 67.3 Å². The Bertz CT molecular complexity index is 124. The van der Waals surface area contributed by atoms with E-state index in [1.807, 2.05) is 0 Å². The Morgan fingerprint density at radius 1 is 1.36 bits per heavy atom. The largest absolute Gasteiger partial charge is 0.380 e. The summed E-state index contributed by atoms with van der Waals surface area (Å²) < 4.78 is 9.78. The van der Waals surface area contributed by atoms with E-state index in [9.17, 15) is 0 Å². The summed E-state index contributed by atoms with van der Waals surface area (Å²) in [4.78, 5) is 0. The van der Waals surface area contributed by atoms with Gasteiger partial charge in [0.1, 0.15) is 6.10 Å². The lowest BCUT2D eigenvalue weighted by Crippen LogP contribution is -2.15. The molecule has 0 aromatic heterocycles. The molecule has 0 bridgehead atoms. The van der Waals surface area contributed by atoms with Crippen molar-refractivity contribution in [3.05, 3.63) is 0 Å². The number of aliphatic hydroxyl groups excluding tert-OH is 1. The van der Waals surface area contributed by atoms with E-state index in [4.69, 9.17) is 21.0 Å². The second kappa shape index (κ2) is 6.17. The molecule has 0 aliphatic heterocycles. The summed E-state index contributed by atoms with van der Waals surface area (Å²) in [6.45, 7) is 0. The van der Waals surface area contributed by atoms with Gasteiger partial charge in [0.05, 0.1) is 0 Å². The van der Waals surface area contributed by atoms with Crippen LogP contribution in [0.5, 0.6) is 0 Å². The van der Waals surface area contributed by atoms with Gasteiger partial charge >= 0.3 is 0 Å². The van der Waals surface area contributed by atoms with Gasteiger partial charge in [0.2, 0.25) is 0 Å². The van der Waals surface area contributed by atoms with Gasteiger partial charge in [-0.1, -0.05) is 5.92 Å². The molecule has 0 unspecified atom stereocenters. The summed E-state index contributed by atoms with van der Waals surface area (Å²) >= 11 is 0. The van der Waals surface area contributed by atoms with Crippen LogP contribution < -0.4 is 0 Å². The van der Waals surface area contributed by atoms with Crippen molar-refractivity contribution >= 4 is 0 Å². The first-order valence-corrected chi connectivity index (χ1v) is 3.44. The lowest BCUT2D eigenvalue weighted by Gasteiger charge is -2.13. The third-order valence-corrected chi connectivity index (χ3v) is 1.39. The summed E-state index contributed by atoms with van der Waals surface area (Å²) in [7, 11) is 3.10. The number of hydrogen-bond acceptors (Lipinski definition) is 3. The van der Waals surface area contributed by atoms with Crippen LogP contribution in [0.3, 0.4) is 0 Å². The smallest absolute Gasteiger partial charge is 0.156 e. The minimum absolute atomic E-state index is 0.266. The average molecular weight is 158 g/mol. The molecule has 0 aromatic carbocycles. The van der Waals surface area contributed by atoms with Gasteiger partial charge in [-0.3, -0.25) is 0 Å². The number of methoxy groups -OCH3 is 2. The lowest BCUT2D eigenvalue weighted by atomic mass is 10.2. The molecule has 0 aliphatic carbocycles. The van der Waals surface area contributed by atoms with E-state index in [1.54, 1.807) is 14.2 Å². The normalized spacial score (nSPS) is 13.0. The van der Waals surface area contributed by atoms with Crippen LogP contribution in [0, 0.1) is 12.3 Å². The molecule has 0 saturated heterocycles. The van der Waals surface area contributed by atoms with E-state index in [0.29, 0.717) is 12.8 Å². The zero-order chi connectivity index (χ0) is 8.69. The van der Waals surface area contributed by atoms with Crippen molar-refractivity contribution < 1.29 is 14.6 Å². The van der Waals surface area contributed by atoms with Gasteiger partial charge in [0.25, 0.3) is 0 Å². The summed E-state index contributed by atoms with van der Waals surface area (Å²) in [5.74, 6) is 2.21. The second-order valence-electron chi connectivity index (χ2n) is 2.16. The molecule has 64 valence electrons. The quantitative estimate of drug-likeness (QED) is 0.464. The summed E-state index contributed by atoms with van der Waals surface area (Å²) in [6.07, 6.45) is 5.11. The molecular formula is C8H14O3. The van der Waals surface area contributed by atoms with Crippen LogP contribution in [0.15, 0.2) is 0 Å². The molecule has 0 aliphatic rings. The van der Waals surface area contributed by atoms with E-state index in [0.717, 1.165) is 0 Å². The summed E-state index contributed by atoms with van der Waals surface area (Å²) in [5, 5.41) is 8.95. The van der Waals surface area contributed by atoms with Gasteiger partial charge in [0.15, 0.2) is 6.29 Å². The highest BCUT2D eigenvalue weighted by molar-refractivity contribution is 4.92. The molecule has 0 saturated carbocycles. The minimum Gasteiger partial charge on any atom is -0.380 e. The van der Waals surface area contributed by atoms with Crippen LogP contribution in [0.2, 0.25) is 0 Å². The fourth-order valence-electron chi connectivity index (χ4n) is 0.709. The number of terminal acetylenes is 1. The third-order valence-electron chi connectivity index (χ3n) is 1.39. The maximum Gasteiger partial charge on any atom is 0.156 e. The number of ether oxygens (including phenoxy) is 2. The molecule has 0 fully saturated rings. The van der Waals surface area contributed by atoms with Crippen LogP contribution in [0.25, 0.3) is 0 Å². The van der Waals surface area contributed by atoms with Crippen LogP contribution in [0.1, 0.15) is 12.8 Å². The van der Waals surface area contributed by atoms with Crippen molar-refractivity contribution in [2.24, 2.45) is 0 Å². The Balaban J connectivity index is 3.44. The van der Waals surface area contributed by atoms with Crippen molar-refractivity contribution in [1.29, 1.82) is 0 Å². The standard InChI is InChI=1S/C8H14O3/c1-4-7(9)5-6-8(10-2)11-3/h1,7-9H,5-6H2,2-3H3/t7-/m0/s1. The first-order chi connectivity index (χ1) is 5.24. The van der Waals surface area contributed by atoms with Gasteiger partial charge < -0.3 is 14.6 Å². The molecule has 0 heterocycles. The van der Waals surface area contributed by atoms with Crippen molar-refractivity contribution in [2.45, 2.75) is 25.2 Å². The van der Waals surface area contributed by atoms with E-state index >= 15 is 0 Å². The maximum atomic E-state index is 8.95. The first kappa shape index (κ1) is 10.4. The van der Waals surface area contributed by atoms with E-state index < -0.39 is 6.10 Å². The SMILES string of the molecule is C#C[C@H](O)CCC(OC)OC. The van der Waals surface area contributed by atoms with Crippen LogP contribution in [-0.4, -0.2) is 31.7 Å². The molecule has 0 amide bonds. The molecule has 3 heteroatoms. The Kier molecular flexibility index (Phi) is 5.86. The second-order valence-corrected chi connectivity index (χ2v) is 2.16. The highest BCUT2D eigenvalue weighted by atomic mass is 16.7. The predicted molar refractivity (Wildman–Crippen MR) is 41.9 cm³/mol. The molecule has 0 spiro atoms. The van der Waals surface area contributed by atoms with Crippen molar-refractivity contribution in [3.8, 4) is 12.3 Å². The van der Waals surface area contributed by atoms with Gasteiger partial charge in [-0.2, -0.15) is 0 Å². The molecule has 3 nitrogen and oxygen atoms in total. The maximum absolute atomic E-state index is 8.95. The van der Waals surface area contributed by atoms with Crippen molar-refractivity contribution in [1.82, 2.24) is 0 Å². The van der Waals surface area contributed by atoms with Gasteiger partial charge in [-0.25, -0.2) is 0 Å². The molecule has 0 aromatic rings. The zero-order valence-electron chi connectivity index (χ0n) is 6.91. The predicted octanol–water partition coefficient (Wildman–Crippen LogP) is 0.380. The van der Waals surface area contributed by atoms with E-state index in [2.05, 4.69) is 5.92 Å². The van der Waals surface area contributed by atoms with Crippen molar-refractivity contribution in [2.75, 3.05) is 14.2 Å². The minimum atomic E-state index is -0.692. The first-order valence-electron chi connectivity index (χ1n) is 3.44. The highest BCUT2D eigenvalue weighted by Crippen LogP contribution is 2.04. The van der Waals surface area contributed by atoms with E-state index in [1.165, 1.54) is 0 Å². The summed E-state index contributed by atoms with van der Waals surface area (Å²) in [6, 6.07) is 0. The number of hydrogen-bond donors (Lipinski definition) is 1. The fourth-order valence-corrected chi connectivity index (χ4v) is 0.709. The van der Waals surface area contributed by atoms with Crippen LogP contribution in [0.4, 0.5) is 0 Å². The van der Waals surface area contributed by atoms with Gasteiger partial charge in [-0.15, -0.1) is 6.42 Å². The lowest BCUT2D eigenvalue weighted by molar-refractivity contribution is -0.109. The molecular weight excluding hydrogens is 144 g/mol. The molecule has 0 radical (unpaired) electrons. The average Bonchev–Trinajstić information content (AvgIpc) is 2.06. The Morgan fingerprint density at radius 2 is 1.91 bits per heavy atom. The highest BCUT2D eigenvalue weighted by Gasteiger charge is 2.07. The third kappa shape index (κ3) is 4.79. The van der Waals surface area contributed by atoms with E-state index in [-0.39, 0.29) is 6.29 Å². The topological polar surface area (TPSA) is 38.7 Å². The monoisotopic (exact) mass is 158 g/mol.